The van der Waals surface area contributed by atoms with Crippen LogP contribution in [-0.4, -0.2) is 79.6 Å². The van der Waals surface area contributed by atoms with Crippen molar-refractivity contribution in [3.8, 4) is 39.9 Å². The third-order valence-electron chi connectivity index (χ3n) is 8.30. The number of alkyl halides is 2. The number of hydrogen-bond donors (Lipinski definition) is 2. The van der Waals surface area contributed by atoms with Gasteiger partial charge >= 0.3 is 6.29 Å². The fourth-order valence-electron chi connectivity index (χ4n) is 6.50. The van der Waals surface area contributed by atoms with E-state index in [2.05, 4.69) is 4.74 Å². The number of rotatable bonds is 6. The molecule has 0 bridgehead atoms. The monoisotopic (exact) mass is 616 g/mol. The van der Waals surface area contributed by atoms with Crippen LogP contribution in [0.3, 0.4) is 0 Å². The van der Waals surface area contributed by atoms with Gasteiger partial charge < -0.3 is 48.1 Å². The second kappa shape index (κ2) is 10.1. The van der Waals surface area contributed by atoms with Crippen LogP contribution in [0.2, 0.25) is 0 Å². The van der Waals surface area contributed by atoms with Crippen LogP contribution in [0.4, 0.5) is 8.78 Å². The molecule has 0 saturated carbocycles. The Morgan fingerprint density at radius 3 is 2.32 bits per heavy atom. The van der Waals surface area contributed by atoms with E-state index in [0.29, 0.717) is 50.9 Å². The smallest absolute Gasteiger partial charge is 0.493 e. The van der Waals surface area contributed by atoms with Gasteiger partial charge in [0, 0.05) is 28.5 Å². The van der Waals surface area contributed by atoms with Gasteiger partial charge in [0.15, 0.2) is 34.6 Å². The minimum atomic E-state index is -3.81. The molecular formula is C31H30F2O11. The Morgan fingerprint density at radius 2 is 1.61 bits per heavy atom. The van der Waals surface area contributed by atoms with E-state index in [-0.39, 0.29) is 29.5 Å². The predicted molar refractivity (Wildman–Crippen MR) is 148 cm³/mol. The fourth-order valence-corrected chi connectivity index (χ4v) is 6.50. The summed E-state index contributed by atoms with van der Waals surface area (Å²) in [6.07, 6.45) is -8.43. The molecule has 7 rings (SSSR count). The molecule has 2 saturated heterocycles. The number of aliphatic hydroxyl groups excluding tert-OH is 2. The average molecular weight is 617 g/mol. The Kier molecular flexibility index (Phi) is 6.68. The Balaban J connectivity index is 1.41. The number of fused-ring (bicyclic) bond motifs is 4. The molecule has 11 nitrogen and oxygen atoms in total. The second-order valence-electron chi connectivity index (χ2n) is 11.5. The van der Waals surface area contributed by atoms with Crippen molar-refractivity contribution in [1.82, 2.24) is 0 Å². The van der Waals surface area contributed by atoms with Crippen LogP contribution in [0.1, 0.15) is 36.2 Å². The molecule has 5 atom stereocenters. The van der Waals surface area contributed by atoms with Crippen molar-refractivity contribution in [3.63, 3.8) is 0 Å². The molecular weight excluding hydrogens is 586 g/mol. The summed E-state index contributed by atoms with van der Waals surface area (Å²) in [5, 5.41) is 22.4. The number of Topliss-reactive ketones (excluding diaryl/α,β-unsaturated/α-hetero) is 1. The third kappa shape index (κ3) is 4.53. The van der Waals surface area contributed by atoms with Crippen LogP contribution < -0.4 is 23.7 Å². The summed E-state index contributed by atoms with van der Waals surface area (Å²) >= 11 is 0. The highest BCUT2D eigenvalue weighted by molar-refractivity contribution is 6.16. The zero-order valence-corrected chi connectivity index (χ0v) is 24.2. The van der Waals surface area contributed by atoms with Gasteiger partial charge in [-0.05, 0) is 55.5 Å². The first-order valence-corrected chi connectivity index (χ1v) is 14.1. The molecule has 234 valence electrons. The van der Waals surface area contributed by atoms with Crippen molar-refractivity contribution in [3.05, 3.63) is 41.5 Å². The highest BCUT2D eigenvalue weighted by Crippen LogP contribution is 2.51. The first-order valence-electron chi connectivity index (χ1n) is 14.1. The van der Waals surface area contributed by atoms with E-state index in [1.807, 2.05) is 0 Å². The second-order valence-corrected chi connectivity index (χ2v) is 11.5. The lowest BCUT2D eigenvalue weighted by molar-refractivity contribution is -0.286. The van der Waals surface area contributed by atoms with Crippen LogP contribution in [-0.2, 0) is 20.6 Å². The van der Waals surface area contributed by atoms with Crippen LogP contribution in [0, 0.1) is 0 Å². The first-order chi connectivity index (χ1) is 20.9. The lowest BCUT2D eigenvalue weighted by Gasteiger charge is -2.39. The van der Waals surface area contributed by atoms with E-state index in [1.54, 1.807) is 32.0 Å². The number of halogens is 2. The Labute approximate surface area is 250 Å². The molecule has 5 unspecified atom stereocenters. The summed E-state index contributed by atoms with van der Waals surface area (Å²) in [5.41, 5.74) is 1.75. The van der Waals surface area contributed by atoms with Crippen LogP contribution in [0.15, 0.2) is 30.3 Å². The van der Waals surface area contributed by atoms with E-state index in [4.69, 9.17) is 33.2 Å². The quantitative estimate of drug-likeness (QED) is 0.417. The largest absolute Gasteiger partial charge is 0.586 e. The summed E-state index contributed by atoms with van der Waals surface area (Å²) in [6, 6.07) is 7.67. The van der Waals surface area contributed by atoms with Crippen molar-refractivity contribution in [2.24, 2.45) is 0 Å². The van der Waals surface area contributed by atoms with E-state index < -0.39 is 49.4 Å². The summed E-state index contributed by atoms with van der Waals surface area (Å²) in [5.74, 6) is -0.554. The molecule has 13 heteroatoms. The molecule has 4 aliphatic rings. The number of methoxy groups -OCH3 is 2. The summed E-state index contributed by atoms with van der Waals surface area (Å²) in [4.78, 5) is 13.5. The maximum atomic E-state index is 13.9. The van der Waals surface area contributed by atoms with Gasteiger partial charge in [-0.1, -0.05) is 6.07 Å². The molecule has 1 aliphatic carbocycles. The SMILES string of the molecule is COc1cc2c(OC3OC(CO)C4OC(C)(C)OC4C3O)c3c(c(-c4ccc5c(c4)OC(F)(F)O5)c2cc1OC)C(=O)CC3. The van der Waals surface area contributed by atoms with Crippen molar-refractivity contribution >= 4 is 16.6 Å². The Morgan fingerprint density at radius 1 is 0.932 bits per heavy atom. The van der Waals surface area contributed by atoms with Gasteiger partial charge in [-0.25, -0.2) is 0 Å². The Hall–Kier alpha value is -3.75. The number of benzene rings is 3. The topological polar surface area (TPSA) is 131 Å². The third-order valence-corrected chi connectivity index (χ3v) is 8.30. The van der Waals surface area contributed by atoms with Crippen molar-refractivity contribution in [1.29, 1.82) is 0 Å². The highest BCUT2D eigenvalue weighted by Gasteiger charge is 2.55. The van der Waals surface area contributed by atoms with Gasteiger partial charge in [-0.2, -0.15) is 0 Å². The fraction of sp³-hybridized carbons (Fsp3) is 0.452. The summed E-state index contributed by atoms with van der Waals surface area (Å²) in [7, 11) is 2.93. The minimum absolute atomic E-state index is 0.133. The highest BCUT2D eigenvalue weighted by atomic mass is 19.3. The molecule has 0 spiro atoms. The number of ketones is 1. The number of carbonyl (C=O) groups excluding carboxylic acids is 1. The number of aliphatic hydroxyl groups is 2. The molecule has 0 amide bonds. The number of hydrogen-bond acceptors (Lipinski definition) is 11. The molecule has 3 aromatic carbocycles. The van der Waals surface area contributed by atoms with Gasteiger partial charge in [0.1, 0.15) is 30.2 Å². The van der Waals surface area contributed by atoms with Gasteiger partial charge in [-0.3, -0.25) is 4.79 Å². The van der Waals surface area contributed by atoms with Gasteiger partial charge in [0.25, 0.3) is 0 Å². The van der Waals surface area contributed by atoms with Crippen molar-refractivity contribution in [2.75, 3.05) is 20.8 Å². The van der Waals surface area contributed by atoms with Crippen molar-refractivity contribution in [2.45, 2.75) is 69.5 Å². The molecule has 3 aromatic rings. The molecule has 44 heavy (non-hydrogen) atoms. The van der Waals surface area contributed by atoms with Gasteiger partial charge in [-0.15, -0.1) is 8.78 Å². The molecule has 0 radical (unpaired) electrons. The van der Waals surface area contributed by atoms with E-state index in [9.17, 15) is 23.8 Å². The van der Waals surface area contributed by atoms with E-state index in [1.165, 1.54) is 26.4 Å². The Bertz CT molecular complexity index is 1670. The normalized spacial score (nSPS) is 27.7. The van der Waals surface area contributed by atoms with Crippen LogP contribution in [0.5, 0.6) is 28.7 Å². The standard InChI is InChI=1S/C31H30F2O11/c1-30(2)43-27-22(12-34)39-29(25(36)28(27)44-30)40-26-14-6-7-17(35)24(14)23(15-10-19(37-3)20(38-4)11-16(15)26)13-5-8-18-21(9-13)42-31(32,33)41-18/h5,8-11,22,25,27-29,34,36H,6-7,12H2,1-4H3. The molecule has 2 N–H and O–H groups in total. The molecule has 2 fully saturated rings. The van der Waals surface area contributed by atoms with E-state index in [0.717, 1.165) is 0 Å². The maximum absolute atomic E-state index is 13.9. The number of carbonyl (C=O) groups is 1. The number of ether oxygens (including phenoxy) is 8. The first kappa shape index (κ1) is 29.0. The molecule has 3 aliphatic heterocycles. The average Bonchev–Trinajstić information content (AvgIpc) is 3.63. The maximum Gasteiger partial charge on any atom is 0.586 e. The lowest BCUT2D eigenvalue weighted by Crippen LogP contribution is -2.58. The van der Waals surface area contributed by atoms with Gasteiger partial charge in [0.2, 0.25) is 6.29 Å². The molecule has 0 aromatic heterocycles. The lowest BCUT2D eigenvalue weighted by atomic mass is 9.89. The van der Waals surface area contributed by atoms with Crippen molar-refractivity contribution < 1.29 is 61.7 Å². The van der Waals surface area contributed by atoms with Crippen LogP contribution in [0.25, 0.3) is 21.9 Å². The zero-order chi connectivity index (χ0) is 31.1. The van der Waals surface area contributed by atoms with Gasteiger partial charge in [0.05, 0.1) is 20.8 Å². The summed E-state index contributed by atoms with van der Waals surface area (Å²) in [6.45, 7) is 2.98. The zero-order valence-electron chi connectivity index (χ0n) is 24.2. The predicted octanol–water partition coefficient (Wildman–Crippen LogP) is 3.95. The van der Waals surface area contributed by atoms with E-state index >= 15 is 0 Å². The summed E-state index contributed by atoms with van der Waals surface area (Å²) < 4.78 is 72.4. The van der Waals surface area contributed by atoms with Crippen LogP contribution >= 0.6 is 0 Å². The minimum Gasteiger partial charge on any atom is -0.493 e. The molecule has 3 heterocycles.